The Kier molecular flexibility index (Phi) is 5.49. The summed E-state index contributed by atoms with van der Waals surface area (Å²) in [4.78, 5) is 36.3. The highest BCUT2D eigenvalue weighted by Gasteiger charge is 2.63. The molecule has 3 unspecified atom stereocenters. The highest BCUT2D eigenvalue weighted by molar-refractivity contribution is 5.92. The van der Waals surface area contributed by atoms with Crippen LogP contribution in [0.2, 0.25) is 0 Å². The van der Waals surface area contributed by atoms with Gasteiger partial charge < -0.3 is 29.6 Å². The lowest BCUT2D eigenvalue weighted by atomic mass is 9.51. The molecule has 1 saturated heterocycles. The van der Waals surface area contributed by atoms with Crippen LogP contribution in [0.1, 0.15) is 26.2 Å². The fourth-order valence-electron chi connectivity index (χ4n) is 5.09. The van der Waals surface area contributed by atoms with E-state index < -0.39 is 60.2 Å². The number of hydrogen-bond donors (Lipinski definition) is 3. The van der Waals surface area contributed by atoms with Crippen molar-refractivity contribution in [2.24, 2.45) is 23.2 Å². The average Bonchev–Trinajstić information content (AvgIpc) is 2.96. The number of esters is 2. The van der Waals surface area contributed by atoms with Crippen LogP contribution < -0.4 is 0 Å². The highest BCUT2D eigenvalue weighted by atomic mass is 16.6. The van der Waals surface area contributed by atoms with Crippen molar-refractivity contribution in [3.05, 3.63) is 24.3 Å². The molecule has 3 fully saturated rings. The number of ether oxygens (including phenoxy) is 2. The van der Waals surface area contributed by atoms with Crippen LogP contribution >= 0.6 is 0 Å². The fraction of sp³-hybridized carbons (Fsp3) is 0.650. The van der Waals surface area contributed by atoms with Crippen LogP contribution in [-0.4, -0.2) is 64.6 Å². The van der Waals surface area contributed by atoms with E-state index in [1.165, 1.54) is 0 Å². The van der Waals surface area contributed by atoms with Crippen LogP contribution in [0, 0.1) is 23.2 Å². The minimum atomic E-state index is -1.46. The standard InChI is InChI=1S/C20H26O8/c1-9(12(23)8-22)18(25)27-13-6-20(3)14(24)5-4-11(7-21)16(20)17-15(13)10(2)19(26)28-17/h7,11-17,22-24H,1-2,4-6,8H2,3H3/t11?,12?,13-,14+,15+,16?,17-,20-/m0/s1. The Morgan fingerprint density at radius 2 is 2.14 bits per heavy atom. The summed E-state index contributed by atoms with van der Waals surface area (Å²) in [5.41, 5.74) is -0.961. The van der Waals surface area contributed by atoms with E-state index in [-0.39, 0.29) is 23.5 Å². The Morgan fingerprint density at radius 1 is 1.46 bits per heavy atom. The van der Waals surface area contributed by atoms with Gasteiger partial charge in [-0.25, -0.2) is 9.59 Å². The van der Waals surface area contributed by atoms with Crippen molar-refractivity contribution in [1.82, 2.24) is 0 Å². The number of carbonyl (C=O) groups is 3. The van der Waals surface area contributed by atoms with E-state index in [1.54, 1.807) is 6.92 Å². The van der Waals surface area contributed by atoms with Crippen LogP contribution in [0.4, 0.5) is 0 Å². The summed E-state index contributed by atoms with van der Waals surface area (Å²) in [7, 11) is 0. The lowest BCUT2D eigenvalue weighted by molar-refractivity contribution is -0.195. The molecular formula is C20H26O8. The molecule has 154 valence electrons. The second kappa shape index (κ2) is 7.42. The zero-order valence-electron chi connectivity index (χ0n) is 15.7. The molecule has 28 heavy (non-hydrogen) atoms. The number of rotatable bonds is 5. The molecule has 3 aliphatic rings. The highest BCUT2D eigenvalue weighted by Crippen LogP contribution is 2.58. The molecule has 0 radical (unpaired) electrons. The third kappa shape index (κ3) is 3.09. The van der Waals surface area contributed by atoms with Crippen LogP contribution in [0.25, 0.3) is 0 Å². The quantitative estimate of drug-likeness (QED) is 0.335. The molecule has 0 spiro atoms. The molecule has 3 rings (SSSR count). The molecule has 2 saturated carbocycles. The minimum absolute atomic E-state index is 0.155. The van der Waals surface area contributed by atoms with Gasteiger partial charge in [-0.3, -0.25) is 0 Å². The summed E-state index contributed by atoms with van der Waals surface area (Å²) in [5.74, 6) is -2.97. The predicted octanol–water partition coefficient (Wildman–Crippen LogP) is -0.0986. The maximum atomic E-state index is 12.4. The van der Waals surface area contributed by atoms with Crippen molar-refractivity contribution in [2.75, 3.05) is 6.61 Å². The van der Waals surface area contributed by atoms with E-state index in [1.807, 2.05) is 0 Å². The van der Waals surface area contributed by atoms with Gasteiger partial charge in [0.15, 0.2) is 0 Å². The molecule has 0 aromatic rings. The third-order valence-corrected chi connectivity index (χ3v) is 6.69. The maximum Gasteiger partial charge on any atom is 0.336 e. The molecule has 1 aliphatic heterocycles. The molecule has 2 aliphatic carbocycles. The Bertz CT molecular complexity index is 715. The van der Waals surface area contributed by atoms with Crippen molar-refractivity contribution in [3.8, 4) is 0 Å². The second-order valence-corrected chi connectivity index (χ2v) is 8.22. The molecule has 0 aromatic carbocycles. The van der Waals surface area contributed by atoms with E-state index in [4.69, 9.17) is 14.6 Å². The first kappa shape index (κ1) is 20.7. The van der Waals surface area contributed by atoms with Gasteiger partial charge in [0.1, 0.15) is 24.6 Å². The van der Waals surface area contributed by atoms with Gasteiger partial charge in [-0.1, -0.05) is 20.1 Å². The van der Waals surface area contributed by atoms with Gasteiger partial charge in [-0.05, 0) is 19.3 Å². The van der Waals surface area contributed by atoms with E-state index >= 15 is 0 Å². The maximum absolute atomic E-state index is 12.4. The fourth-order valence-corrected chi connectivity index (χ4v) is 5.09. The van der Waals surface area contributed by atoms with Crippen molar-refractivity contribution in [1.29, 1.82) is 0 Å². The van der Waals surface area contributed by atoms with Gasteiger partial charge in [0.2, 0.25) is 0 Å². The van der Waals surface area contributed by atoms with Crippen LogP contribution in [0.3, 0.4) is 0 Å². The van der Waals surface area contributed by atoms with Gasteiger partial charge in [-0.2, -0.15) is 0 Å². The monoisotopic (exact) mass is 394 g/mol. The Labute approximate surface area is 162 Å². The lowest BCUT2D eigenvalue weighted by Gasteiger charge is -2.55. The summed E-state index contributed by atoms with van der Waals surface area (Å²) in [6.07, 6.45) is -1.85. The molecule has 8 nitrogen and oxygen atoms in total. The van der Waals surface area contributed by atoms with Crippen LogP contribution in [-0.2, 0) is 23.9 Å². The summed E-state index contributed by atoms with van der Waals surface area (Å²) < 4.78 is 11.1. The lowest BCUT2D eigenvalue weighted by Crippen LogP contribution is -2.60. The zero-order valence-corrected chi connectivity index (χ0v) is 15.7. The normalized spacial score (nSPS) is 40.7. The second-order valence-electron chi connectivity index (χ2n) is 8.22. The minimum Gasteiger partial charge on any atom is -0.458 e. The van der Waals surface area contributed by atoms with E-state index in [9.17, 15) is 24.6 Å². The zero-order chi connectivity index (χ0) is 20.8. The molecule has 8 heteroatoms. The SMILES string of the molecule is C=C(C(=O)O[C@H]1C[C@]2(C)C(C(C=O)CC[C@H]2O)[C@H]2OC(=O)C(=C)[C@H]12)C(O)CO. The van der Waals surface area contributed by atoms with Crippen molar-refractivity contribution in [3.63, 3.8) is 0 Å². The van der Waals surface area contributed by atoms with Gasteiger partial charge in [0, 0.05) is 22.8 Å². The number of carbonyl (C=O) groups excluding carboxylic acids is 3. The van der Waals surface area contributed by atoms with Crippen molar-refractivity contribution >= 4 is 18.2 Å². The molecule has 0 aromatic heterocycles. The number of fused-ring (bicyclic) bond motifs is 3. The molecule has 1 heterocycles. The Balaban J connectivity index is 1.95. The topological polar surface area (TPSA) is 130 Å². The number of aliphatic hydroxyl groups is 3. The van der Waals surface area contributed by atoms with Crippen LogP contribution in [0.5, 0.6) is 0 Å². The van der Waals surface area contributed by atoms with Gasteiger partial charge >= 0.3 is 11.9 Å². The largest absolute Gasteiger partial charge is 0.458 e. The van der Waals surface area contributed by atoms with E-state index in [0.29, 0.717) is 12.8 Å². The Morgan fingerprint density at radius 3 is 2.75 bits per heavy atom. The number of aldehydes is 1. The van der Waals surface area contributed by atoms with Gasteiger partial charge in [0.25, 0.3) is 0 Å². The molecule has 0 amide bonds. The summed E-state index contributed by atoms with van der Waals surface area (Å²) in [6, 6.07) is 0. The Hall–Kier alpha value is -2.03. The van der Waals surface area contributed by atoms with Gasteiger partial charge in [-0.15, -0.1) is 0 Å². The summed E-state index contributed by atoms with van der Waals surface area (Å²) in [6.45, 7) is 8.35. The average molecular weight is 394 g/mol. The molecule has 8 atom stereocenters. The molecule has 0 bridgehead atoms. The summed E-state index contributed by atoms with van der Waals surface area (Å²) >= 11 is 0. The van der Waals surface area contributed by atoms with E-state index in [0.717, 1.165) is 6.29 Å². The first-order chi connectivity index (χ1) is 13.2. The third-order valence-electron chi connectivity index (χ3n) is 6.69. The van der Waals surface area contributed by atoms with Crippen molar-refractivity contribution in [2.45, 2.75) is 50.6 Å². The van der Waals surface area contributed by atoms with Crippen LogP contribution in [0.15, 0.2) is 24.3 Å². The first-order valence-electron chi connectivity index (χ1n) is 9.37. The van der Waals surface area contributed by atoms with Crippen molar-refractivity contribution < 1.29 is 39.2 Å². The first-order valence-corrected chi connectivity index (χ1v) is 9.37. The number of aliphatic hydroxyl groups excluding tert-OH is 3. The molecular weight excluding hydrogens is 368 g/mol. The molecule has 3 N–H and O–H groups in total. The smallest absolute Gasteiger partial charge is 0.336 e. The van der Waals surface area contributed by atoms with E-state index in [2.05, 4.69) is 13.2 Å². The number of hydrogen-bond acceptors (Lipinski definition) is 8. The summed E-state index contributed by atoms with van der Waals surface area (Å²) in [5, 5.41) is 29.3. The predicted molar refractivity (Wildman–Crippen MR) is 95.6 cm³/mol. The van der Waals surface area contributed by atoms with Gasteiger partial charge in [0.05, 0.1) is 24.2 Å².